The van der Waals surface area contributed by atoms with Crippen LogP contribution in [0.3, 0.4) is 0 Å². The maximum Gasteiger partial charge on any atom is 0.119 e. The third kappa shape index (κ3) is 2.25. The van der Waals surface area contributed by atoms with Crippen molar-refractivity contribution in [2.45, 2.75) is 30.7 Å². The molecule has 1 aromatic rings. The van der Waals surface area contributed by atoms with E-state index in [4.69, 9.17) is 4.74 Å². The van der Waals surface area contributed by atoms with Gasteiger partial charge in [0, 0.05) is 4.83 Å². The first-order chi connectivity index (χ1) is 6.24. The fraction of sp³-hybridized carbons (Fsp3) is 0.455. The van der Waals surface area contributed by atoms with Gasteiger partial charge in [-0.25, -0.2) is 0 Å². The van der Waals surface area contributed by atoms with Gasteiger partial charge in [0.05, 0.1) is 0 Å². The smallest absolute Gasteiger partial charge is 0.119 e. The summed E-state index contributed by atoms with van der Waals surface area (Å²) in [4.78, 5) is 0.669. The monoisotopic (exact) mass is 240 g/mol. The third-order valence-electron chi connectivity index (χ3n) is 2.33. The topological polar surface area (TPSA) is 9.23 Å². The van der Waals surface area contributed by atoms with E-state index in [1.54, 1.807) is 0 Å². The molecule has 0 unspecified atom stereocenters. The zero-order chi connectivity index (χ0) is 9.26. The molecule has 0 aromatic heterocycles. The lowest BCUT2D eigenvalue weighted by Crippen LogP contribution is -2.33. The van der Waals surface area contributed by atoms with E-state index >= 15 is 0 Å². The van der Waals surface area contributed by atoms with Gasteiger partial charge in [-0.2, -0.15) is 0 Å². The van der Waals surface area contributed by atoms with E-state index in [1.165, 1.54) is 5.56 Å². The SMILES string of the molecule is Cc1cccc(OC2CC(Br)C2)c1. The van der Waals surface area contributed by atoms with Crippen molar-refractivity contribution < 1.29 is 4.74 Å². The molecule has 13 heavy (non-hydrogen) atoms. The molecule has 0 aliphatic heterocycles. The molecule has 1 aromatic carbocycles. The number of rotatable bonds is 2. The molecule has 0 spiro atoms. The van der Waals surface area contributed by atoms with Crippen LogP contribution in [0.2, 0.25) is 0 Å². The lowest BCUT2D eigenvalue weighted by molar-refractivity contribution is 0.128. The van der Waals surface area contributed by atoms with E-state index in [9.17, 15) is 0 Å². The van der Waals surface area contributed by atoms with Crippen LogP contribution in [0.25, 0.3) is 0 Å². The first kappa shape index (κ1) is 9.07. The van der Waals surface area contributed by atoms with E-state index in [-0.39, 0.29) is 0 Å². The van der Waals surface area contributed by atoms with Crippen molar-refractivity contribution in [3.63, 3.8) is 0 Å². The Labute approximate surface area is 87.2 Å². The summed E-state index contributed by atoms with van der Waals surface area (Å²) >= 11 is 3.55. The minimum Gasteiger partial charge on any atom is -0.490 e. The van der Waals surface area contributed by atoms with Crippen molar-refractivity contribution >= 4 is 15.9 Å². The molecular weight excluding hydrogens is 228 g/mol. The number of aryl methyl sites for hydroxylation is 1. The predicted octanol–water partition coefficient (Wildman–Crippen LogP) is 3.30. The molecule has 2 rings (SSSR count). The molecular formula is C11H13BrO. The van der Waals surface area contributed by atoms with Gasteiger partial charge >= 0.3 is 0 Å². The van der Waals surface area contributed by atoms with Crippen molar-refractivity contribution in [2.24, 2.45) is 0 Å². The lowest BCUT2D eigenvalue weighted by atomic mass is 9.96. The summed E-state index contributed by atoms with van der Waals surface area (Å²) in [5, 5.41) is 0. The molecule has 0 radical (unpaired) electrons. The van der Waals surface area contributed by atoms with Gasteiger partial charge in [0.25, 0.3) is 0 Å². The van der Waals surface area contributed by atoms with Crippen LogP contribution in [0.5, 0.6) is 5.75 Å². The maximum absolute atomic E-state index is 5.77. The highest BCUT2D eigenvalue weighted by Gasteiger charge is 2.28. The minimum atomic E-state index is 0.422. The second kappa shape index (κ2) is 3.70. The largest absolute Gasteiger partial charge is 0.490 e. The van der Waals surface area contributed by atoms with Crippen molar-refractivity contribution in [1.82, 2.24) is 0 Å². The van der Waals surface area contributed by atoms with Crippen LogP contribution < -0.4 is 4.74 Å². The van der Waals surface area contributed by atoms with Crippen molar-refractivity contribution in [3.8, 4) is 5.75 Å². The van der Waals surface area contributed by atoms with Crippen LogP contribution in [0, 0.1) is 6.92 Å². The zero-order valence-electron chi connectivity index (χ0n) is 7.66. The highest BCUT2D eigenvalue weighted by molar-refractivity contribution is 9.09. The highest BCUT2D eigenvalue weighted by Crippen LogP contribution is 2.31. The number of alkyl halides is 1. The lowest BCUT2D eigenvalue weighted by Gasteiger charge is -2.31. The van der Waals surface area contributed by atoms with E-state index < -0.39 is 0 Å². The molecule has 0 amide bonds. The van der Waals surface area contributed by atoms with Crippen LogP contribution in [0.1, 0.15) is 18.4 Å². The normalized spacial score (nSPS) is 26.6. The molecule has 2 heteroatoms. The van der Waals surface area contributed by atoms with Crippen molar-refractivity contribution in [1.29, 1.82) is 0 Å². The van der Waals surface area contributed by atoms with Gasteiger partial charge in [-0.05, 0) is 37.5 Å². The Morgan fingerprint density at radius 3 is 2.77 bits per heavy atom. The zero-order valence-corrected chi connectivity index (χ0v) is 9.25. The fourth-order valence-corrected chi connectivity index (χ4v) is 2.31. The first-order valence-corrected chi connectivity index (χ1v) is 5.53. The Hall–Kier alpha value is -0.500. The van der Waals surface area contributed by atoms with Crippen LogP contribution in [0.4, 0.5) is 0 Å². The predicted molar refractivity (Wildman–Crippen MR) is 57.5 cm³/mol. The summed E-state index contributed by atoms with van der Waals surface area (Å²) in [5.41, 5.74) is 1.26. The van der Waals surface area contributed by atoms with Crippen LogP contribution in [-0.2, 0) is 0 Å². The average molecular weight is 241 g/mol. The Morgan fingerprint density at radius 2 is 2.15 bits per heavy atom. The molecule has 1 fully saturated rings. The summed E-state index contributed by atoms with van der Waals surface area (Å²) in [7, 11) is 0. The number of halogens is 1. The summed E-state index contributed by atoms with van der Waals surface area (Å²) < 4.78 is 5.77. The van der Waals surface area contributed by atoms with E-state index in [0.29, 0.717) is 10.9 Å². The first-order valence-electron chi connectivity index (χ1n) is 4.61. The second-order valence-electron chi connectivity index (χ2n) is 3.63. The Morgan fingerprint density at radius 1 is 1.38 bits per heavy atom. The van der Waals surface area contributed by atoms with E-state index in [0.717, 1.165) is 18.6 Å². The fourth-order valence-electron chi connectivity index (χ4n) is 1.48. The molecule has 1 saturated carbocycles. The van der Waals surface area contributed by atoms with Gasteiger partial charge in [-0.15, -0.1) is 0 Å². The van der Waals surface area contributed by atoms with Crippen LogP contribution in [-0.4, -0.2) is 10.9 Å². The minimum absolute atomic E-state index is 0.422. The van der Waals surface area contributed by atoms with E-state index in [1.807, 2.05) is 12.1 Å². The molecule has 0 atom stereocenters. The molecule has 0 saturated heterocycles. The molecule has 0 heterocycles. The molecule has 1 nitrogen and oxygen atoms in total. The summed E-state index contributed by atoms with van der Waals surface area (Å²) in [6, 6.07) is 8.23. The van der Waals surface area contributed by atoms with Gasteiger partial charge in [-0.3, -0.25) is 0 Å². The van der Waals surface area contributed by atoms with Gasteiger partial charge in [0.15, 0.2) is 0 Å². The highest BCUT2D eigenvalue weighted by atomic mass is 79.9. The molecule has 0 N–H and O–H groups in total. The maximum atomic E-state index is 5.77. The summed E-state index contributed by atoms with van der Waals surface area (Å²) in [6.45, 7) is 2.08. The molecule has 70 valence electrons. The van der Waals surface area contributed by atoms with E-state index in [2.05, 4.69) is 35.0 Å². The average Bonchev–Trinajstić information content (AvgIpc) is 2.01. The number of hydrogen-bond donors (Lipinski definition) is 0. The van der Waals surface area contributed by atoms with Gasteiger partial charge in [-0.1, -0.05) is 28.1 Å². The van der Waals surface area contributed by atoms with Gasteiger partial charge in [0.2, 0.25) is 0 Å². The molecule has 0 bridgehead atoms. The quantitative estimate of drug-likeness (QED) is 0.722. The van der Waals surface area contributed by atoms with Crippen molar-refractivity contribution in [3.05, 3.63) is 29.8 Å². The number of hydrogen-bond acceptors (Lipinski definition) is 1. The summed E-state index contributed by atoms with van der Waals surface area (Å²) in [6.07, 6.45) is 2.69. The van der Waals surface area contributed by atoms with Gasteiger partial charge < -0.3 is 4.74 Å². The van der Waals surface area contributed by atoms with Crippen LogP contribution >= 0.6 is 15.9 Å². The second-order valence-corrected chi connectivity index (χ2v) is 4.92. The Bertz CT molecular complexity index is 292. The van der Waals surface area contributed by atoms with Crippen molar-refractivity contribution in [2.75, 3.05) is 0 Å². The third-order valence-corrected chi connectivity index (χ3v) is 3.08. The summed E-state index contributed by atoms with van der Waals surface area (Å²) in [5.74, 6) is 1.00. The van der Waals surface area contributed by atoms with Gasteiger partial charge in [0.1, 0.15) is 11.9 Å². The van der Waals surface area contributed by atoms with Crippen LogP contribution in [0.15, 0.2) is 24.3 Å². The Balaban J connectivity index is 1.94. The number of ether oxygens (including phenoxy) is 1. The number of benzene rings is 1. The molecule has 1 aliphatic carbocycles. The standard InChI is InChI=1S/C11H13BrO/c1-8-3-2-4-10(5-8)13-11-6-9(12)7-11/h2-5,9,11H,6-7H2,1H3. The molecule has 1 aliphatic rings. The Kier molecular flexibility index (Phi) is 2.58.